The Morgan fingerprint density at radius 1 is 1.44 bits per heavy atom. The molecule has 2 rings (SSSR count). The van der Waals surface area contributed by atoms with E-state index in [1.54, 1.807) is 12.1 Å². The van der Waals surface area contributed by atoms with Crippen molar-refractivity contribution in [2.45, 2.75) is 32.2 Å². The van der Waals surface area contributed by atoms with Crippen molar-refractivity contribution in [1.82, 2.24) is 16.2 Å². The van der Waals surface area contributed by atoms with E-state index >= 15 is 0 Å². The predicted octanol–water partition coefficient (Wildman–Crippen LogP) is 0.0426. The molecule has 0 saturated heterocycles. The summed E-state index contributed by atoms with van der Waals surface area (Å²) in [5.74, 6) is 0.760. The molecule has 0 aromatic heterocycles. The highest BCUT2D eigenvalue weighted by atomic mass is 16.3. The summed E-state index contributed by atoms with van der Waals surface area (Å²) in [6.07, 6.45) is -0.0688. The average Bonchev–Trinajstić information content (AvgIpc) is 2.30. The molecule has 0 radical (unpaired) electrons. The van der Waals surface area contributed by atoms with Gasteiger partial charge in [-0.2, -0.15) is 0 Å². The number of hydrogen-bond acceptors (Lipinski definition) is 6. The summed E-state index contributed by atoms with van der Waals surface area (Å²) < 4.78 is 0. The molecule has 6 heteroatoms. The smallest absolute Gasteiger partial charge is 0.208 e. The van der Waals surface area contributed by atoms with E-state index in [4.69, 9.17) is 0 Å². The third kappa shape index (κ3) is 3.35. The molecule has 0 spiro atoms. The lowest BCUT2D eigenvalue weighted by molar-refractivity contribution is 0.155. The number of benzene rings is 1. The molecule has 1 aromatic carbocycles. The number of phenols is 1. The van der Waals surface area contributed by atoms with E-state index in [0.29, 0.717) is 18.9 Å². The van der Waals surface area contributed by atoms with Gasteiger partial charge in [-0.15, -0.1) is 0 Å². The molecule has 1 aliphatic heterocycles. The van der Waals surface area contributed by atoms with E-state index in [0.717, 1.165) is 5.56 Å². The third-order valence-electron chi connectivity index (χ3n) is 2.70. The van der Waals surface area contributed by atoms with Gasteiger partial charge in [-0.3, -0.25) is 5.43 Å². The molecule has 6 nitrogen and oxygen atoms in total. The van der Waals surface area contributed by atoms with Gasteiger partial charge in [0.15, 0.2) is 6.23 Å². The van der Waals surface area contributed by atoms with E-state index in [1.165, 1.54) is 0 Å². The minimum atomic E-state index is -0.671. The van der Waals surface area contributed by atoms with Gasteiger partial charge in [0.2, 0.25) is 5.96 Å². The van der Waals surface area contributed by atoms with Crippen LogP contribution in [0, 0.1) is 0 Å². The minimum Gasteiger partial charge on any atom is -0.508 e. The molecule has 0 fully saturated rings. The largest absolute Gasteiger partial charge is 0.508 e. The van der Waals surface area contributed by atoms with Crippen molar-refractivity contribution < 1.29 is 10.2 Å². The van der Waals surface area contributed by atoms with Gasteiger partial charge in [0.25, 0.3) is 0 Å². The second-order valence-corrected chi connectivity index (χ2v) is 4.35. The molecular weight excluding hydrogens is 232 g/mol. The topological polar surface area (TPSA) is 88.9 Å². The maximum Gasteiger partial charge on any atom is 0.208 e. The molecule has 0 amide bonds. The Kier molecular flexibility index (Phi) is 4.01. The van der Waals surface area contributed by atoms with Gasteiger partial charge in [0, 0.05) is 24.6 Å². The first-order chi connectivity index (χ1) is 8.65. The zero-order valence-corrected chi connectivity index (χ0v) is 10.2. The van der Waals surface area contributed by atoms with Crippen molar-refractivity contribution in [1.29, 1.82) is 0 Å². The van der Waals surface area contributed by atoms with Gasteiger partial charge in [-0.1, -0.05) is 18.2 Å². The van der Waals surface area contributed by atoms with Gasteiger partial charge in [0.1, 0.15) is 5.75 Å². The predicted molar refractivity (Wildman–Crippen MR) is 68.7 cm³/mol. The SMILES string of the molecule is CC1CC(O)N=C(NNCc2ccccc2O)N1. The first kappa shape index (κ1) is 12.7. The number of hydrogen-bond donors (Lipinski definition) is 5. The number of nitrogens with one attached hydrogen (secondary N) is 3. The highest BCUT2D eigenvalue weighted by Crippen LogP contribution is 2.14. The number of guanidine groups is 1. The molecule has 1 aliphatic rings. The molecule has 0 saturated carbocycles. The number of phenolic OH excluding ortho intramolecular Hbond substituents is 1. The fraction of sp³-hybridized carbons (Fsp3) is 0.417. The van der Waals surface area contributed by atoms with Gasteiger partial charge in [-0.25, -0.2) is 10.4 Å². The highest BCUT2D eigenvalue weighted by molar-refractivity contribution is 5.80. The van der Waals surface area contributed by atoms with E-state index in [9.17, 15) is 10.2 Å². The number of para-hydroxylation sites is 1. The van der Waals surface area contributed by atoms with Gasteiger partial charge >= 0.3 is 0 Å². The number of rotatable bonds is 3. The molecule has 1 heterocycles. The standard InChI is InChI=1S/C12H18N4O2/c1-8-6-11(18)15-12(14-8)16-13-7-9-4-2-3-5-10(9)17/h2-5,8,11,13,17-18H,6-7H2,1H3,(H2,14,15,16). The Morgan fingerprint density at radius 3 is 2.94 bits per heavy atom. The summed E-state index contributed by atoms with van der Waals surface area (Å²) in [6, 6.07) is 7.28. The molecule has 18 heavy (non-hydrogen) atoms. The lowest BCUT2D eigenvalue weighted by atomic mass is 10.2. The molecule has 2 unspecified atom stereocenters. The second kappa shape index (κ2) is 5.70. The van der Waals surface area contributed by atoms with Crippen LogP contribution in [0.1, 0.15) is 18.9 Å². The van der Waals surface area contributed by atoms with Gasteiger partial charge in [0.05, 0.1) is 0 Å². The van der Waals surface area contributed by atoms with Crippen molar-refractivity contribution in [3.05, 3.63) is 29.8 Å². The Balaban J connectivity index is 1.84. The van der Waals surface area contributed by atoms with E-state index in [-0.39, 0.29) is 11.8 Å². The van der Waals surface area contributed by atoms with Crippen LogP contribution in [0.25, 0.3) is 0 Å². The van der Waals surface area contributed by atoms with Crippen molar-refractivity contribution in [3.63, 3.8) is 0 Å². The van der Waals surface area contributed by atoms with Gasteiger partial charge in [-0.05, 0) is 13.0 Å². The van der Waals surface area contributed by atoms with Crippen molar-refractivity contribution >= 4 is 5.96 Å². The maximum atomic E-state index is 9.58. The number of aromatic hydroxyl groups is 1. The van der Waals surface area contributed by atoms with Crippen LogP contribution in [0.15, 0.2) is 29.3 Å². The molecule has 0 bridgehead atoms. The van der Waals surface area contributed by atoms with E-state index in [1.807, 2.05) is 19.1 Å². The first-order valence-electron chi connectivity index (χ1n) is 5.93. The zero-order chi connectivity index (χ0) is 13.0. The average molecular weight is 250 g/mol. The molecular formula is C12H18N4O2. The Bertz CT molecular complexity index is 436. The summed E-state index contributed by atoms with van der Waals surface area (Å²) in [5, 5.41) is 22.2. The maximum absolute atomic E-state index is 9.58. The van der Waals surface area contributed by atoms with E-state index < -0.39 is 6.23 Å². The summed E-state index contributed by atoms with van der Waals surface area (Å²) in [5.41, 5.74) is 6.60. The number of aliphatic hydroxyl groups is 1. The molecule has 0 aliphatic carbocycles. The Labute approximate surface area is 106 Å². The second-order valence-electron chi connectivity index (χ2n) is 4.35. The summed E-state index contributed by atoms with van der Waals surface area (Å²) in [7, 11) is 0. The number of aliphatic hydroxyl groups excluding tert-OH is 1. The zero-order valence-electron chi connectivity index (χ0n) is 10.2. The highest BCUT2D eigenvalue weighted by Gasteiger charge is 2.17. The number of nitrogens with zero attached hydrogens (tertiary/aromatic N) is 1. The number of aliphatic imine (C=N–C) groups is 1. The van der Waals surface area contributed by atoms with Crippen LogP contribution in [0.2, 0.25) is 0 Å². The number of hydrazine groups is 1. The van der Waals surface area contributed by atoms with Crippen molar-refractivity contribution in [3.8, 4) is 5.75 Å². The van der Waals surface area contributed by atoms with Crippen LogP contribution in [-0.2, 0) is 6.54 Å². The van der Waals surface area contributed by atoms with Crippen LogP contribution < -0.4 is 16.2 Å². The molecule has 1 aromatic rings. The van der Waals surface area contributed by atoms with Crippen LogP contribution in [-0.4, -0.2) is 28.4 Å². The van der Waals surface area contributed by atoms with Crippen molar-refractivity contribution in [2.24, 2.45) is 4.99 Å². The quantitative estimate of drug-likeness (QED) is 0.489. The van der Waals surface area contributed by atoms with E-state index in [2.05, 4.69) is 21.2 Å². The summed E-state index contributed by atoms with van der Waals surface area (Å²) >= 11 is 0. The Morgan fingerprint density at radius 2 is 2.22 bits per heavy atom. The van der Waals surface area contributed by atoms with Crippen LogP contribution in [0.4, 0.5) is 0 Å². The monoisotopic (exact) mass is 250 g/mol. The lowest BCUT2D eigenvalue weighted by Gasteiger charge is -2.25. The molecule has 5 N–H and O–H groups in total. The van der Waals surface area contributed by atoms with Crippen molar-refractivity contribution in [2.75, 3.05) is 0 Å². The fourth-order valence-corrected chi connectivity index (χ4v) is 1.80. The normalized spacial score (nSPS) is 23.1. The Hall–Kier alpha value is -1.79. The molecule has 98 valence electrons. The lowest BCUT2D eigenvalue weighted by Crippen LogP contribution is -2.51. The van der Waals surface area contributed by atoms with Crippen LogP contribution >= 0.6 is 0 Å². The minimum absolute atomic E-state index is 0.173. The van der Waals surface area contributed by atoms with Gasteiger partial charge < -0.3 is 15.5 Å². The summed E-state index contributed by atoms with van der Waals surface area (Å²) in [4.78, 5) is 4.01. The third-order valence-corrected chi connectivity index (χ3v) is 2.70. The fourth-order valence-electron chi connectivity index (χ4n) is 1.80. The summed E-state index contributed by atoms with van der Waals surface area (Å²) in [6.45, 7) is 2.43. The van der Waals surface area contributed by atoms with Crippen LogP contribution in [0.5, 0.6) is 5.75 Å². The first-order valence-corrected chi connectivity index (χ1v) is 5.93. The van der Waals surface area contributed by atoms with Crippen LogP contribution in [0.3, 0.4) is 0 Å². The molecule has 2 atom stereocenters.